The highest BCUT2D eigenvalue weighted by Crippen LogP contribution is 2.36. The summed E-state index contributed by atoms with van der Waals surface area (Å²) in [5, 5.41) is 0.802. The molecule has 1 aliphatic carbocycles. The lowest BCUT2D eigenvalue weighted by molar-refractivity contribution is -0.137. The molecule has 0 spiro atoms. The lowest BCUT2D eigenvalue weighted by Crippen LogP contribution is -2.08. The molecule has 0 saturated carbocycles. The molecule has 0 aliphatic heterocycles. The lowest BCUT2D eigenvalue weighted by Gasteiger charge is -2.15. The molecule has 0 amide bonds. The summed E-state index contributed by atoms with van der Waals surface area (Å²) < 4.78 is 42.2. The average Bonchev–Trinajstić information content (AvgIpc) is 2.91. The third-order valence-electron chi connectivity index (χ3n) is 5.95. The molecular weight excluding hydrogens is 359 g/mol. The number of hydrogen-bond acceptors (Lipinski definition) is 0. The van der Waals surface area contributed by atoms with Gasteiger partial charge in [-0.1, -0.05) is 42.7 Å². The van der Waals surface area contributed by atoms with Crippen molar-refractivity contribution in [3.63, 3.8) is 0 Å². The fourth-order valence-electron chi connectivity index (χ4n) is 4.42. The van der Waals surface area contributed by atoms with E-state index >= 15 is 0 Å². The van der Waals surface area contributed by atoms with Gasteiger partial charge in [0.15, 0.2) is 0 Å². The molecular formula is C24H26F3N. The SMILES string of the molecule is Cc1ccc(CCn2c3c(c4cc(C(F)(F)F)ccc42)CCCCCC3)cc1. The molecule has 4 heteroatoms. The third-order valence-corrected chi connectivity index (χ3v) is 5.95. The Labute approximate surface area is 164 Å². The summed E-state index contributed by atoms with van der Waals surface area (Å²) in [4.78, 5) is 0. The summed E-state index contributed by atoms with van der Waals surface area (Å²) in [6.45, 7) is 2.88. The smallest absolute Gasteiger partial charge is 0.344 e. The Hall–Kier alpha value is -2.23. The maximum Gasteiger partial charge on any atom is 0.416 e. The lowest BCUT2D eigenvalue weighted by atomic mass is 9.96. The minimum atomic E-state index is -4.30. The zero-order valence-corrected chi connectivity index (χ0v) is 16.3. The maximum atomic E-state index is 13.3. The van der Waals surface area contributed by atoms with Crippen molar-refractivity contribution in [2.24, 2.45) is 0 Å². The van der Waals surface area contributed by atoms with Crippen LogP contribution in [0.25, 0.3) is 10.9 Å². The molecule has 28 heavy (non-hydrogen) atoms. The largest absolute Gasteiger partial charge is 0.416 e. The van der Waals surface area contributed by atoms with Crippen molar-refractivity contribution in [2.75, 3.05) is 0 Å². The Morgan fingerprint density at radius 3 is 2.32 bits per heavy atom. The van der Waals surface area contributed by atoms with Crippen molar-refractivity contribution in [3.05, 3.63) is 70.4 Å². The van der Waals surface area contributed by atoms with E-state index < -0.39 is 11.7 Å². The van der Waals surface area contributed by atoms with Crippen LogP contribution in [0.5, 0.6) is 0 Å². The zero-order valence-electron chi connectivity index (χ0n) is 16.3. The second kappa shape index (κ2) is 7.65. The van der Waals surface area contributed by atoms with Gasteiger partial charge in [-0.25, -0.2) is 0 Å². The Morgan fingerprint density at radius 1 is 0.893 bits per heavy atom. The average molecular weight is 385 g/mol. The Bertz CT molecular complexity index is 964. The van der Waals surface area contributed by atoms with Gasteiger partial charge in [-0.3, -0.25) is 0 Å². The highest BCUT2D eigenvalue weighted by atomic mass is 19.4. The number of nitrogens with zero attached hydrogens (tertiary/aromatic N) is 1. The molecule has 3 aromatic rings. The van der Waals surface area contributed by atoms with E-state index in [9.17, 15) is 13.2 Å². The van der Waals surface area contributed by atoms with Gasteiger partial charge in [0.1, 0.15) is 0 Å². The monoisotopic (exact) mass is 385 g/mol. The van der Waals surface area contributed by atoms with E-state index in [-0.39, 0.29) is 0 Å². The first-order valence-electron chi connectivity index (χ1n) is 10.2. The van der Waals surface area contributed by atoms with E-state index in [4.69, 9.17) is 0 Å². The van der Waals surface area contributed by atoms with Gasteiger partial charge < -0.3 is 4.57 Å². The molecule has 0 N–H and O–H groups in total. The second-order valence-electron chi connectivity index (χ2n) is 7.96. The Balaban J connectivity index is 1.77. The van der Waals surface area contributed by atoms with Gasteiger partial charge in [0, 0.05) is 23.1 Å². The standard InChI is InChI=1S/C24H26F3N/c1-17-8-10-18(11-9-17)14-15-28-22-7-5-3-2-4-6-20(22)21-16-19(24(25,26)27)12-13-23(21)28/h8-13,16H,2-7,14-15H2,1H3. The van der Waals surface area contributed by atoms with Gasteiger partial charge >= 0.3 is 6.18 Å². The first kappa shape index (κ1) is 19.1. The molecule has 148 valence electrons. The van der Waals surface area contributed by atoms with Crippen molar-refractivity contribution in [1.29, 1.82) is 0 Å². The minimum absolute atomic E-state index is 0.541. The Morgan fingerprint density at radius 2 is 1.61 bits per heavy atom. The van der Waals surface area contributed by atoms with E-state index in [1.54, 1.807) is 6.07 Å². The molecule has 0 unspecified atom stereocenters. The van der Waals surface area contributed by atoms with Gasteiger partial charge in [-0.2, -0.15) is 13.2 Å². The second-order valence-corrected chi connectivity index (χ2v) is 7.96. The number of rotatable bonds is 3. The van der Waals surface area contributed by atoms with Crippen LogP contribution < -0.4 is 0 Å². The van der Waals surface area contributed by atoms with Crippen molar-refractivity contribution in [1.82, 2.24) is 4.57 Å². The van der Waals surface area contributed by atoms with Crippen LogP contribution in [0.15, 0.2) is 42.5 Å². The quantitative estimate of drug-likeness (QED) is 0.464. The number of benzene rings is 2. The number of aromatic nitrogens is 1. The molecule has 1 aromatic heterocycles. The van der Waals surface area contributed by atoms with Crippen molar-refractivity contribution >= 4 is 10.9 Å². The predicted molar refractivity (Wildman–Crippen MR) is 108 cm³/mol. The van der Waals surface area contributed by atoms with Gasteiger partial charge in [-0.15, -0.1) is 0 Å². The fourth-order valence-corrected chi connectivity index (χ4v) is 4.42. The normalized spacial score (nSPS) is 15.3. The van der Waals surface area contributed by atoms with Gasteiger partial charge in [0.25, 0.3) is 0 Å². The topological polar surface area (TPSA) is 4.93 Å². The van der Waals surface area contributed by atoms with Crippen LogP contribution in [0.2, 0.25) is 0 Å². The van der Waals surface area contributed by atoms with E-state index in [1.165, 1.54) is 35.4 Å². The first-order chi connectivity index (χ1) is 13.4. The zero-order chi connectivity index (χ0) is 19.7. The molecule has 0 atom stereocenters. The summed E-state index contributed by atoms with van der Waals surface area (Å²) in [6, 6.07) is 12.8. The minimum Gasteiger partial charge on any atom is -0.344 e. The van der Waals surface area contributed by atoms with E-state index in [1.807, 2.05) is 0 Å². The molecule has 1 nitrogen and oxygen atoms in total. The van der Waals surface area contributed by atoms with Crippen molar-refractivity contribution in [2.45, 2.75) is 64.6 Å². The van der Waals surface area contributed by atoms with Crippen LogP contribution in [-0.4, -0.2) is 4.57 Å². The number of aryl methyl sites for hydroxylation is 4. The van der Waals surface area contributed by atoms with Crippen LogP contribution in [0.3, 0.4) is 0 Å². The highest BCUT2D eigenvalue weighted by Gasteiger charge is 2.31. The first-order valence-corrected chi connectivity index (χ1v) is 10.2. The summed E-state index contributed by atoms with van der Waals surface area (Å²) in [5.41, 5.74) is 5.30. The molecule has 2 aromatic carbocycles. The van der Waals surface area contributed by atoms with Crippen LogP contribution in [0, 0.1) is 6.92 Å². The highest BCUT2D eigenvalue weighted by molar-refractivity contribution is 5.86. The van der Waals surface area contributed by atoms with Gasteiger partial charge in [0.05, 0.1) is 5.56 Å². The van der Waals surface area contributed by atoms with Crippen LogP contribution >= 0.6 is 0 Å². The molecule has 4 rings (SSSR count). The predicted octanol–water partition coefficient (Wildman–Crippen LogP) is 6.87. The van der Waals surface area contributed by atoms with Gasteiger partial charge in [0.2, 0.25) is 0 Å². The third kappa shape index (κ3) is 3.82. The summed E-state index contributed by atoms with van der Waals surface area (Å²) in [6.07, 6.45) is 2.95. The van der Waals surface area contributed by atoms with Crippen molar-refractivity contribution in [3.8, 4) is 0 Å². The molecule has 0 radical (unpaired) electrons. The summed E-state index contributed by atoms with van der Waals surface area (Å²) in [5.74, 6) is 0. The number of hydrogen-bond donors (Lipinski definition) is 0. The number of halogens is 3. The number of alkyl halides is 3. The molecule has 0 bridgehead atoms. The van der Waals surface area contributed by atoms with E-state index in [0.29, 0.717) is 0 Å². The summed E-state index contributed by atoms with van der Waals surface area (Å²) in [7, 11) is 0. The number of fused-ring (bicyclic) bond motifs is 3. The summed E-state index contributed by atoms with van der Waals surface area (Å²) >= 11 is 0. The fraction of sp³-hybridized carbons (Fsp3) is 0.417. The van der Waals surface area contributed by atoms with E-state index in [2.05, 4.69) is 35.8 Å². The van der Waals surface area contributed by atoms with Crippen LogP contribution in [0.4, 0.5) is 13.2 Å². The maximum absolute atomic E-state index is 13.3. The van der Waals surface area contributed by atoms with Crippen LogP contribution in [-0.2, 0) is 32.0 Å². The Kier molecular flexibility index (Phi) is 5.22. The molecule has 1 heterocycles. The van der Waals surface area contributed by atoms with E-state index in [0.717, 1.165) is 61.5 Å². The molecule has 1 aliphatic rings. The van der Waals surface area contributed by atoms with Crippen LogP contribution in [0.1, 0.15) is 53.6 Å². The van der Waals surface area contributed by atoms with Crippen molar-refractivity contribution < 1.29 is 13.2 Å². The molecule has 0 fully saturated rings. The molecule has 0 saturated heterocycles. The van der Waals surface area contributed by atoms with Gasteiger partial charge in [-0.05, 0) is 68.4 Å².